The van der Waals surface area contributed by atoms with Gasteiger partial charge in [0.2, 0.25) is 11.8 Å². The minimum absolute atomic E-state index is 0.0326. The Hall–Kier alpha value is -2.15. The number of hydrogen-bond donors (Lipinski definition) is 1. The van der Waals surface area contributed by atoms with Crippen LogP contribution in [0.15, 0.2) is 41.0 Å². The highest BCUT2D eigenvalue weighted by molar-refractivity contribution is 9.10. The third-order valence-electron chi connectivity index (χ3n) is 4.04. The second kappa shape index (κ2) is 6.76. The molecule has 1 atom stereocenters. The molecule has 1 saturated heterocycles. The molecule has 2 amide bonds. The lowest BCUT2D eigenvalue weighted by Crippen LogP contribution is -2.28. The Morgan fingerprint density at radius 1 is 1.29 bits per heavy atom. The fraction of sp³-hybridized carbons (Fsp3) is 0.353. The summed E-state index contributed by atoms with van der Waals surface area (Å²) in [7, 11) is 0. The zero-order valence-electron chi connectivity index (χ0n) is 13.6. The van der Waals surface area contributed by atoms with E-state index in [9.17, 15) is 9.59 Å². The van der Waals surface area contributed by atoms with Gasteiger partial charge in [0.05, 0.1) is 12.1 Å². The third kappa shape index (κ3) is 3.36. The molecule has 2 aromatic rings. The zero-order chi connectivity index (χ0) is 17.3. The first-order valence-electron chi connectivity index (χ1n) is 7.86. The standard InChI is InChI=1S/C17H19BrN4O2/c1-11(2)22-15(7-8-19-22)20-17(24)12-9-16(23)21(10-12)14-5-3-13(18)4-6-14/h3-8,11-12H,9-10H2,1-2H3,(H,20,24)/t12-/m1/s1. The molecule has 1 aliphatic rings. The average Bonchev–Trinajstić information content (AvgIpc) is 3.15. The van der Waals surface area contributed by atoms with Crippen molar-refractivity contribution in [3.05, 3.63) is 41.0 Å². The van der Waals surface area contributed by atoms with Gasteiger partial charge in [-0.15, -0.1) is 0 Å². The van der Waals surface area contributed by atoms with Crippen LogP contribution in [0.4, 0.5) is 11.5 Å². The van der Waals surface area contributed by atoms with Crippen molar-refractivity contribution in [2.75, 3.05) is 16.8 Å². The van der Waals surface area contributed by atoms with Crippen LogP contribution < -0.4 is 10.2 Å². The molecule has 0 radical (unpaired) electrons. The van der Waals surface area contributed by atoms with Crippen LogP contribution in [0.2, 0.25) is 0 Å². The summed E-state index contributed by atoms with van der Waals surface area (Å²) >= 11 is 3.38. The Morgan fingerprint density at radius 3 is 2.67 bits per heavy atom. The molecule has 0 unspecified atom stereocenters. The molecule has 6 nitrogen and oxygen atoms in total. The number of amides is 2. The molecule has 24 heavy (non-hydrogen) atoms. The summed E-state index contributed by atoms with van der Waals surface area (Å²) in [4.78, 5) is 26.5. The summed E-state index contributed by atoms with van der Waals surface area (Å²) in [5.74, 6) is 0.112. The highest BCUT2D eigenvalue weighted by Crippen LogP contribution is 2.27. The summed E-state index contributed by atoms with van der Waals surface area (Å²) < 4.78 is 2.70. The third-order valence-corrected chi connectivity index (χ3v) is 4.57. The lowest BCUT2D eigenvalue weighted by molar-refractivity contribution is -0.122. The molecule has 1 aliphatic heterocycles. The van der Waals surface area contributed by atoms with Gasteiger partial charge in [-0.3, -0.25) is 9.59 Å². The van der Waals surface area contributed by atoms with Crippen LogP contribution in [-0.2, 0) is 9.59 Å². The highest BCUT2D eigenvalue weighted by atomic mass is 79.9. The Morgan fingerprint density at radius 2 is 2.00 bits per heavy atom. The van der Waals surface area contributed by atoms with Gasteiger partial charge in [-0.05, 0) is 38.1 Å². The van der Waals surface area contributed by atoms with Gasteiger partial charge in [0.15, 0.2) is 0 Å². The zero-order valence-corrected chi connectivity index (χ0v) is 15.2. The van der Waals surface area contributed by atoms with E-state index in [0.29, 0.717) is 12.4 Å². The average molecular weight is 391 g/mol. The number of carbonyl (C=O) groups is 2. The van der Waals surface area contributed by atoms with E-state index in [1.165, 1.54) is 0 Å². The molecule has 3 rings (SSSR count). The van der Waals surface area contributed by atoms with E-state index in [1.54, 1.807) is 21.8 Å². The van der Waals surface area contributed by atoms with Crippen LogP contribution in [0, 0.1) is 5.92 Å². The Kier molecular flexibility index (Phi) is 4.71. The Bertz CT molecular complexity index is 754. The van der Waals surface area contributed by atoms with Gasteiger partial charge >= 0.3 is 0 Å². The number of carbonyl (C=O) groups excluding carboxylic acids is 2. The molecular weight excluding hydrogens is 372 g/mol. The summed E-state index contributed by atoms with van der Waals surface area (Å²) in [6.07, 6.45) is 1.88. The quantitative estimate of drug-likeness (QED) is 0.871. The monoisotopic (exact) mass is 390 g/mol. The number of benzene rings is 1. The van der Waals surface area contributed by atoms with Crippen LogP contribution in [0.3, 0.4) is 0 Å². The topological polar surface area (TPSA) is 67.2 Å². The number of anilines is 2. The first-order chi connectivity index (χ1) is 11.5. The molecule has 2 heterocycles. The van der Waals surface area contributed by atoms with Gasteiger partial charge < -0.3 is 10.2 Å². The van der Waals surface area contributed by atoms with Crippen molar-refractivity contribution >= 4 is 39.2 Å². The van der Waals surface area contributed by atoms with Gasteiger partial charge in [-0.25, -0.2) is 4.68 Å². The van der Waals surface area contributed by atoms with E-state index in [1.807, 2.05) is 38.1 Å². The normalized spacial score (nSPS) is 17.6. The minimum atomic E-state index is -0.364. The van der Waals surface area contributed by atoms with Crippen LogP contribution in [0.25, 0.3) is 0 Å². The number of halogens is 1. The SMILES string of the molecule is CC(C)n1nccc1NC(=O)[C@@H]1CC(=O)N(c2ccc(Br)cc2)C1. The molecule has 0 bridgehead atoms. The Balaban J connectivity index is 1.70. The molecule has 0 saturated carbocycles. The molecule has 1 fully saturated rings. The van der Waals surface area contributed by atoms with Crippen molar-refractivity contribution in [3.8, 4) is 0 Å². The summed E-state index contributed by atoms with van der Waals surface area (Å²) in [6.45, 7) is 4.39. The fourth-order valence-electron chi connectivity index (χ4n) is 2.81. The number of hydrogen-bond acceptors (Lipinski definition) is 3. The smallest absolute Gasteiger partial charge is 0.230 e. The van der Waals surface area contributed by atoms with Crippen molar-refractivity contribution in [1.29, 1.82) is 0 Å². The van der Waals surface area contributed by atoms with Crippen LogP contribution >= 0.6 is 15.9 Å². The fourth-order valence-corrected chi connectivity index (χ4v) is 3.07. The second-order valence-electron chi connectivity index (χ2n) is 6.13. The van der Waals surface area contributed by atoms with Crippen LogP contribution in [0.5, 0.6) is 0 Å². The first kappa shape index (κ1) is 16.7. The van der Waals surface area contributed by atoms with E-state index in [0.717, 1.165) is 10.2 Å². The van der Waals surface area contributed by atoms with E-state index in [4.69, 9.17) is 0 Å². The van der Waals surface area contributed by atoms with Crippen LogP contribution in [-0.4, -0.2) is 28.1 Å². The van der Waals surface area contributed by atoms with Gasteiger partial charge in [0.1, 0.15) is 5.82 Å². The highest BCUT2D eigenvalue weighted by Gasteiger charge is 2.35. The molecule has 126 valence electrons. The maximum Gasteiger partial charge on any atom is 0.230 e. The number of rotatable bonds is 4. The summed E-state index contributed by atoms with van der Waals surface area (Å²) in [5.41, 5.74) is 0.811. The van der Waals surface area contributed by atoms with Crippen molar-refractivity contribution in [2.24, 2.45) is 5.92 Å². The van der Waals surface area contributed by atoms with Gasteiger partial charge in [-0.1, -0.05) is 15.9 Å². The lowest BCUT2D eigenvalue weighted by atomic mass is 10.1. The number of aromatic nitrogens is 2. The largest absolute Gasteiger partial charge is 0.312 e. The molecule has 0 aliphatic carbocycles. The maximum absolute atomic E-state index is 12.5. The van der Waals surface area contributed by atoms with E-state index in [2.05, 4.69) is 26.3 Å². The first-order valence-corrected chi connectivity index (χ1v) is 8.65. The molecule has 1 N–H and O–H groups in total. The van der Waals surface area contributed by atoms with Crippen molar-refractivity contribution < 1.29 is 9.59 Å². The molecule has 0 spiro atoms. The van der Waals surface area contributed by atoms with Crippen LogP contribution in [0.1, 0.15) is 26.3 Å². The second-order valence-corrected chi connectivity index (χ2v) is 7.04. The van der Waals surface area contributed by atoms with Gasteiger partial charge in [0, 0.05) is 35.2 Å². The predicted molar refractivity (Wildman–Crippen MR) is 95.8 cm³/mol. The van der Waals surface area contributed by atoms with Crippen molar-refractivity contribution in [2.45, 2.75) is 26.3 Å². The van der Waals surface area contributed by atoms with E-state index >= 15 is 0 Å². The molecular formula is C17H19BrN4O2. The summed E-state index contributed by atoms with van der Waals surface area (Å²) in [5, 5.41) is 7.09. The predicted octanol–water partition coefficient (Wildman–Crippen LogP) is 3.22. The van der Waals surface area contributed by atoms with Gasteiger partial charge in [0.25, 0.3) is 0 Å². The summed E-state index contributed by atoms with van der Waals surface area (Å²) in [6, 6.07) is 9.43. The van der Waals surface area contributed by atoms with Crippen molar-refractivity contribution in [1.82, 2.24) is 9.78 Å². The van der Waals surface area contributed by atoms with Gasteiger partial charge in [-0.2, -0.15) is 5.10 Å². The van der Waals surface area contributed by atoms with E-state index < -0.39 is 0 Å². The molecule has 1 aromatic carbocycles. The minimum Gasteiger partial charge on any atom is -0.312 e. The maximum atomic E-state index is 12.5. The Labute approximate surface area is 149 Å². The lowest BCUT2D eigenvalue weighted by Gasteiger charge is -2.17. The van der Waals surface area contributed by atoms with Crippen molar-refractivity contribution in [3.63, 3.8) is 0 Å². The number of nitrogens with zero attached hydrogens (tertiary/aromatic N) is 3. The van der Waals surface area contributed by atoms with E-state index in [-0.39, 0.29) is 30.2 Å². The molecule has 7 heteroatoms. The molecule has 1 aromatic heterocycles. The number of nitrogens with one attached hydrogen (secondary N) is 1.